The predicted molar refractivity (Wildman–Crippen MR) is 81.4 cm³/mol. The van der Waals surface area contributed by atoms with Crippen molar-refractivity contribution in [2.24, 2.45) is 5.92 Å². The molecule has 3 nitrogen and oxygen atoms in total. The Morgan fingerprint density at radius 3 is 2.45 bits per heavy atom. The molecule has 2 atom stereocenters. The van der Waals surface area contributed by atoms with Crippen molar-refractivity contribution in [3.05, 3.63) is 29.6 Å². The van der Waals surface area contributed by atoms with E-state index >= 15 is 0 Å². The molecular formula is C16H27FN2O. The minimum absolute atomic E-state index is 0.0885. The third-order valence-electron chi connectivity index (χ3n) is 3.28. The number of hydrogen-bond donors (Lipinski definition) is 2. The van der Waals surface area contributed by atoms with Gasteiger partial charge in [0.25, 0.3) is 0 Å². The van der Waals surface area contributed by atoms with Crippen molar-refractivity contribution in [1.82, 2.24) is 10.2 Å². The molecule has 0 bridgehead atoms. The van der Waals surface area contributed by atoms with Crippen LogP contribution >= 0.6 is 0 Å². The van der Waals surface area contributed by atoms with Gasteiger partial charge in [0.2, 0.25) is 0 Å². The van der Waals surface area contributed by atoms with Gasteiger partial charge in [-0.3, -0.25) is 0 Å². The van der Waals surface area contributed by atoms with E-state index in [1.807, 2.05) is 21.0 Å². The fourth-order valence-electron chi connectivity index (χ4n) is 2.52. The second-order valence-corrected chi connectivity index (χ2v) is 6.18. The molecule has 1 rings (SSSR count). The lowest BCUT2D eigenvalue weighted by Crippen LogP contribution is -2.40. The summed E-state index contributed by atoms with van der Waals surface area (Å²) >= 11 is 0. The zero-order chi connectivity index (χ0) is 15.3. The van der Waals surface area contributed by atoms with Crippen LogP contribution < -0.4 is 5.32 Å². The van der Waals surface area contributed by atoms with E-state index in [2.05, 4.69) is 24.1 Å². The van der Waals surface area contributed by atoms with Crippen LogP contribution in [0.15, 0.2) is 18.2 Å². The van der Waals surface area contributed by atoms with Crippen molar-refractivity contribution in [1.29, 1.82) is 0 Å². The Labute approximate surface area is 121 Å². The van der Waals surface area contributed by atoms with E-state index in [4.69, 9.17) is 0 Å². The zero-order valence-corrected chi connectivity index (χ0v) is 13.2. The van der Waals surface area contributed by atoms with Crippen LogP contribution in [-0.2, 0) is 0 Å². The highest BCUT2D eigenvalue weighted by atomic mass is 19.1. The van der Waals surface area contributed by atoms with E-state index in [0.717, 1.165) is 13.0 Å². The van der Waals surface area contributed by atoms with E-state index in [9.17, 15) is 9.50 Å². The molecule has 0 aromatic heterocycles. The highest BCUT2D eigenvalue weighted by molar-refractivity contribution is 5.34. The number of benzene rings is 1. The van der Waals surface area contributed by atoms with E-state index < -0.39 is 0 Å². The molecule has 0 saturated heterocycles. The van der Waals surface area contributed by atoms with Crippen LogP contribution in [-0.4, -0.2) is 36.7 Å². The molecule has 4 heteroatoms. The summed E-state index contributed by atoms with van der Waals surface area (Å²) in [5.74, 6) is 0.403. The maximum absolute atomic E-state index is 13.3. The van der Waals surface area contributed by atoms with Crippen molar-refractivity contribution < 1.29 is 9.50 Å². The predicted octanol–water partition coefficient (Wildman–Crippen LogP) is 3.16. The second-order valence-electron chi connectivity index (χ2n) is 6.18. The van der Waals surface area contributed by atoms with Gasteiger partial charge in [-0.2, -0.15) is 0 Å². The molecule has 0 radical (unpaired) electrons. The normalized spacial score (nSPS) is 14.8. The Morgan fingerprint density at radius 1 is 1.25 bits per heavy atom. The maximum atomic E-state index is 13.3. The minimum atomic E-state index is -0.320. The van der Waals surface area contributed by atoms with Crippen LogP contribution in [0.2, 0.25) is 0 Å². The number of aromatic hydroxyl groups is 1. The number of likely N-dealkylation sites (N-methyl/N-ethyl adjacent to an activating group) is 1. The van der Waals surface area contributed by atoms with Crippen LogP contribution in [0, 0.1) is 11.7 Å². The van der Waals surface area contributed by atoms with Gasteiger partial charge in [0.05, 0.1) is 0 Å². The topological polar surface area (TPSA) is 35.5 Å². The molecular weight excluding hydrogens is 255 g/mol. The van der Waals surface area contributed by atoms with Gasteiger partial charge < -0.3 is 15.3 Å². The van der Waals surface area contributed by atoms with Crippen molar-refractivity contribution in [3.63, 3.8) is 0 Å². The molecule has 0 aliphatic rings. The molecule has 0 aliphatic carbocycles. The van der Waals surface area contributed by atoms with Gasteiger partial charge in [-0.1, -0.05) is 13.8 Å². The molecule has 0 heterocycles. The molecule has 1 aromatic carbocycles. The first-order valence-electron chi connectivity index (χ1n) is 7.18. The number of nitrogens with zero attached hydrogens (tertiary/aromatic N) is 1. The van der Waals surface area contributed by atoms with Crippen LogP contribution in [0.4, 0.5) is 4.39 Å². The second kappa shape index (κ2) is 7.60. The lowest BCUT2D eigenvalue weighted by Gasteiger charge is -2.28. The maximum Gasteiger partial charge on any atom is 0.123 e. The highest BCUT2D eigenvalue weighted by Crippen LogP contribution is 2.25. The first kappa shape index (κ1) is 16.9. The van der Waals surface area contributed by atoms with Crippen molar-refractivity contribution in [2.75, 3.05) is 20.6 Å². The van der Waals surface area contributed by atoms with Crippen LogP contribution in [0.1, 0.15) is 38.8 Å². The molecule has 114 valence electrons. The molecule has 0 fully saturated rings. The Balaban J connectivity index is 2.78. The van der Waals surface area contributed by atoms with Crippen molar-refractivity contribution in [3.8, 4) is 5.75 Å². The average molecular weight is 282 g/mol. The summed E-state index contributed by atoms with van der Waals surface area (Å²) in [7, 11) is 4.08. The number of hydrogen-bond acceptors (Lipinski definition) is 3. The fourth-order valence-corrected chi connectivity index (χ4v) is 2.52. The molecule has 0 spiro atoms. The minimum Gasteiger partial charge on any atom is -0.508 e. The van der Waals surface area contributed by atoms with Crippen molar-refractivity contribution >= 4 is 0 Å². The Hall–Kier alpha value is -1.13. The van der Waals surface area contributed by atoms with E-state index in [0.29, 0.717) is 17.5 Å². The number of phenolic OH excluding ortho intramolecular Hbond substituents is 1. The van der Waals surface area contributed by atoms with Gasteiger partial charge in [-0.25, -0.2) is 4.39 Å². The highest BCUT2D eigenvalue weighted by Gasteiger charge is 2.18. The fraction of sp³-hybridized carbons (Fsp3) is 0.625. The lowest BCUT2D eigenvalue weighted by molar-refractivity contribution is 0.289. The third-order valence-corrected chi connectivity index (χ3v) is 3.28. The van der Waals surface area contributed by atoms with Gasteiger partial charge >= 0.3 is 0 Å². The summed E-state index contributed by atoms with van der Waals surface area (Å²) in [5.41, 5.74) is 0.609. The van der Waals surface area contributed by atoms with Gasteiger partial charge in [0.15, 0.2) is 0 Å². The quantitative estimate of drug-likeness (QED) is 0.806. The molecule has 0 amide bonds. The number of phenols is 1. The third kappa shape index (κ3) is 5.47. The van der Waals surface area contributed by atoms with Crippen LogP contribution in [0.3, 0.4) is 0 Å². The summed E-state index contributed by atoms with van der Waals surface area (Å²) in [6.45, 7) is 7.25. The molecule has 1 aromatic rings. The van der Waals surface area contributed by atoms with Gasteiger partial charge in [-0.05, 0) is 51.6 Å². The summed E-state index contributed by atoms with van der Waals surface area (Å²) in [6, 6.07) is 4.30. The van der Waals surface area contributed by atoms with E-state index in [1.165, 1.54) is 18.2 Å². The molecule has 2 N–H and O–H groups in total. The van der Waals surface area contributed by atoms with E-state index in [-0.39, 0.29) is 17.6 Å². The smallest absolute Gasteiger partial charge is 0.123 e. The summed E-state index contributed by atoms with van der Waals surface area (Å²) in [6.07, 6.45) is 1.04. The standard InChI is InChI=1S/C16H27FN2O/c1-11(2)8-14(10-19(4)5)18-12(3)15-9-13(17)6-7-16(15)20/h6-7,9,11-12,14,18,20H,8,10H2,1-5H3. The monoisotopic (exact) mass is 282 g/mol. The van der Waals surface area contributed by atoms with Crippen molar-refractivity contribution in [2.45, 2.75) is 39.3 Å². The Kier molecular flexibility index (Phi) is 6.43. The van der Waals surface area contributed by atoms with E-state index in [1.54, 1.807) is 0 Å². The summed E-state index contributed by atoms with van der Waals surface area (Å²) in [4.78, 5) is 2.14. The lowest BCUT2D eigenvalue weighted by atomic mass is 10.0. The van der Waals surface area contributed by atoms with Crippen LogP contribution in [0.25, 0.3) is 0 Å². The number of rotatable bonds is 7. The molecule has 2 unspecified atom stereocenters. The number of halogens is 1. The largest absolute Gasteiger partial charge is 0.508 e. The average Bonchev–Trinajstić information content (AvgIpc) is 2.30. The molecule has 0 saturated carbocycles. The number of nitrogens with one attached hydrogen (secondary N) is 1. The Bertz CT molecular complexity index is 411. The molecule has 0 aliphatic heterocycles. The first-order valence-corrected chi connectivity index (χ1v) is 7.18. The molecule has 20 heavy (non-hydrogen) atoms. The SMILES string of the molecule is CC(C)CC(CN(C)C)NC(C)c1cc(F)ccc1O. The summed E-state index contributed by atoms with van der Waals surface area (Å²) < 4.78 is 13.3. The zero-order valence-electron chi connectivity index (χ0n) is 13.2. The first-order chi connectivity index (χ1) is 9.29. The Morgan fingerprint density at radius 2 is 1.90 bits per heavy atom. The van der Waals surface area contributed by atoms with Gasteiger partial charge in [0.1, 0.15) is 11.6 Å². The van der Waals surface area contributed by atoms with Crippen LogP contribution in [0.5, 0.6) is 5.75 Å². The van der Waals surface area contributed by atoms with Gasteiger partial charge in [-0.15, -0.1) is 0 Å². The summed E-state index contributed by atoms with van der Waals surface area (Å²) in [5, 5.41) is 13.4. The van der Waals surface area contributed by atoms with Gasteiger partial charge in [0, 0.05) is 24.2 Å².